The first-order valence-electron chi connectivity index (χ1n) is 8.92. The topological polar surface area (TPSA) is 87.0 Å². The van der Waals surface area contributed by atoms with E-state index in [1.54, 1.807) is 6.07 Å². The van der Waals surface area contributed by atoms with Crippen molar-refractivity contribution in [1.82, 2.24) is 0 Å². The van der Waals surface area contributed by atoms with Crippen molar-refractivity contribution in [1.29, 1.82) is 0 Å². The quantitative estimate of drug-likeness (QED) is 0.364. The van der Waals surface area contributed by atoms with Crippen molar-refractivity contribution in [2.24, 2.45) is 0 Å². The number of aromatic carboxylic acids is 1. The number of carboxylic acids is 1. The summed E-state index contributed by atoms with van der Waals surface area (Å²) >= 11 is 0. The van der Waals surface area contributed by atoms with Crippen LogP contribution in [0.5, 0.6) is 11.5 Å². The molecule has 0 aliphatic heterocycles. The molecule has 136 valence electrons. The molecule has 0 saturated carbocycles. The Morgan fingerprint density at radius 2 is 1.58 bits per heavy atom. The molecule has 0 aromatic heterocycles. The summed E-state index contributed by atoms with van der Waals surface area (Å²) in [6, 6.07) is 2.92. The van der Waals surface area contributed by atoms with Crippen molar-refractivity contribution in [3.05, 3.63) is 23.3 Å². The molecule has 0 bridgehead atoms. The second-order valence-electron chi connectivity index (χ2n) is 6.11. The van der Waals surface area contributed by atoms with Crippen molar-refractivity contribution in [2.75, 3.05) is 13.2 Å². The van der Waals surface area contributed by atoms with Crippen LogP contribution in [0.3, 0.4) is 0 Å². The first kappa shape index (κ1) is 20.3. The van der Waals surface area contributed by atoms with Gasteiger partial charge in [-0.15, -0.1) is 0 Å². The van der Waals surface area contributed by atoms with Gasteiger partial charge in [-0.3, -0.25) is 0 Å². The Morgan fingerprint density at radius 1 is 0.958 bits per heavy atom. The number of carboxylic acid groups (broad SMARTS) is 1. The van der Waals surface area contributed by atoms with Gasteiger partial charge in [-0.05, 0) is 37.3 Å². The molecule has 3 N–H and O–H groups in total. The molecule has 1 rings (SSSR count). The van der Waals surface area contributed by atoms with Crippen LogP contribution in [-0.2, 0) is 11.2 Å². The summed E-state index contributed by atoms with van der Waals surface area (Å²) in [5, 5.41) is 28.3. The highest BCUT2D eigenvalue weighted by Crippen LogP contribution is 2.32. The summed E-state index contributed by atoms with van der Waals surface area (Å²) in [5.74, 6) is -2.14. The summed E-state index contributed by atoms with van der Waals surface area (Å²) in [4.78, 5) is 11.2. The molecule has 0 unspecified atom stereocenters. The largest absolute Gasteiger partial charge is 0.504 e. The highest BCUT2D eigenvalue weighted by atomic mass is 16.5. The third kappa shape index (κ3) is 7.21. The van der Waals surface area contributed by atoms with E-state index in [0.717, 1.165) is 58.2 Å². The zero-order valence-corrected chi connectivity index (χ0v) is 14.6. The Hall–Kier alpha value is -1.75. The molecule has 0 heterocycles. The molecule has 0 atom stereocenters. The van der Waals surface area contributed by atoms with Crippen LogP contribution in [0.2, 0.25) is 0 Å². The summed E-state index contributed by atoms with van der Waals surface area (Å²) in [7, 11) is 0. The molecule has 1 aromatic rings. The molecular formula is C19H30O5. The molecule has 0 amide bonds. The number of phenolic OH excluding ortho intramolecular Hbond substituents is 1. The van der Waals surface area contributed by atoms with Crippen molar-refractivity contribution in [3.8, 4) is 11.5 Å². The van der Waals surface area contributed by atoms with Gasteiger partial charge < -0.3 is 20.1 Å². The lowest BCUT2D eigenvalue weighted by atomic mass is 9.99. The van der Waals surface area contributed by atoms with E-state index in [1.807, 2.05) is 0 Å². The standard InChI is InChI=1S/C19H30O5/c1-2-3-13-24-14-9-7-5-4-6-8-10-15-11-12-16(20)18(21)17(15)19(22)23/h11-12,20-21H,2-10,13-14H2,1H3,(H,22,23). The molecule has 0 spiro atoms. The van der Waals surface area contributed by atoms with E-state index in [0.29, 0.717) is 12.0 Å². The monoisotopic (exact) mass is 338 g/mol. The van der Waals surface area contributed by atoms with Crippen molar-refractivity contribution in [3.63, 3.8) is 0 Å². The van der Waals surface area contributed by atoms with E-state index in [-0.39, 0.29) is 5.56 Å². The van der Waals surface area contributed by atoms with Crippen LogP contribution in [0.4, 0.5) is 0 Å². The van der Waals surface area contributed by atoms with Gasteiger partial charge in [-0.25, -0.2) is 4.79 Å². The maximum atomic E-state index is 11.2. The van der Waals surface area contributed by atoms with Crippen molar-refractivity contribution >= 4 is 5.97 Å². The highest BCUT2D eigenvalue weighted by Gasteiger charge is 2.18. The highest BCUT2D eigenvalue weighted by molar-refractivity contribution is 5.93. The maximum Gasteiger partial charge on any atom is 0.339 e. The third-order valence-electron chi connectivity index (χ3n) is 4.08. The predicted octanol–water partition coefficient (Wildman–Crippen LogP) is 4.50. The van der Waals surface area contributed by atoms with Gasteiger partial charge >= 0.3 is 5.97 Å². The van der Waals surface area contributed by atoms with Gasteiger partial charge in [-0.2, -0.15) is 0 Å². The first-order valence-corrected chi connectivity index (χ1v) is 8.92. The fourth-order valence-electron chi connectivity index (χ4n) is 2.64. The van der Waals surface area contributed by atoms with Crippen LogP contribution in [-0.4, -0.2) is 34.5 Å². The van der Waals surface area contributed by atoms with E-state index < -0.39 is 17.5 Å². The number of hydrogen-bond acceptors (Lipinski definition) is 4. The van der Waals surface area contributed by atoms with Gasteiger partial charge in [0.15, 0.2) is 11.5 Å². The van der Waals surface area contributed by atoms with Gasteiger partial charge in [-0.1, -0.05) is 45.1 Å². The average Bonchev–Trinajstić information content (AvgIpc) is 2.55. The van der Waals surface area contributed by atoms with Gasteiger partial charge in [0.25, 0.3) is 0 Å². The Morgan fingerprint density at radius 3 is 2.25 bits per heavy atom. The van der Waals surface area contributed by atoms with Crippen LogP contribution in [0.25, 0.3) is 0 Å². The minimum atomic E-state index is -1.21. The molecule has 0 aliphatic carbocycles. The lowest BCUT2D eigenvalue weighted by Crippen LogP contribution is -2.03. The Labute approximate surface area is 144 Å². The molecular weight excluding hydrogens is 308 g/mol. The van der Waals surface area contributed by atoms with E-state index >= 15 is 0 Å². The van der Waals surface area contributed by atoms with E-state index in [2.05, 4.69) is 6.92 Å². The normalized spacial score (nSPS) is 10.9. The number of aromatic hydroxyl groups is 2. The van der Waals surface area contributed by atoms with Crippen molar-refractivity contribution < 1.29 is 24.9 Å². The number of unbranched alkanes of at least 4 members (excludes halogenated alkanes) is 6. The number of rotatable bonds is 13. The summed E-state index contributed by atoms with van der Waals surface area (Å²) in [5.41, 5.74) is 0.390. The second-order valence-corrected chi connectivity index (χ2v) is 6.11. The number of phenols is 2. The Bertz CT molecular complexity index is 499. The van der Waals surface area contributed by atoms with Gasteiger partial charge in [0.1, 0.15) is 5.56 Å². The number of ether oxygens (including phenoxy) is 1. The Balaban J connectivity index is 2.18. The van der Waals surface area contributed by atoms with E-state index in [4.69, 9.17) is 9.84 Å². The smallest absolute Gasteiger partial charge is 0.339 e. The van der Waals surface area contributed by atoms with Crippen molar-refractivity contribution in [2.45, 2.75) is 64.7 Å². The number of hydrogen-bond donors (Lipinski definition) is 3. The minimum Gasteiger partial charge on any atom is -0.504 e. The van der Waals surface area contributed by atoms with Crippen LogP contribution >= 0.6 is 0 Å². The van der Waals surface area contributed by atoms with Crippen LogP contribution in [0, 0.1) is 0 Å². The third-order valence-corrected chi connectivity index (χ3v) is 4.08. The Kier molecular flexibility index (Phi) is 9.92. The van der Waals surface area contributed by atoms with Crippen LogP contribution in [0.1, 0.15) is 74.2 Å². The lowest BCUT2D eigenvalue weighted by molar-refractivity contribution is 0.0691. The number of carbonyl (C=O) groups is 1. The first-order chi connectivity index (χ1) is 11.6. The molecule has 5 heteroatoms. The molecule has 0 fully saturated rings. The average molecular weight is 338 g/mol. The predicted molar refractivity (Wildman–Crippen MR) is 93.9 cm³/mol. The molecule has 0 saturated heterocycles. The minimum absolute atomic E-state index is 0.181. The molecule has 0 radical (unpaired) electrons. The van der Waals surface area contributed by atoms with E-state index in [1.165, 1.54) is 12.5 Å². The summed E-state index contributed by atoms with van der Waals surface area (Å²) in [6.07, 6.45) is 9.31. The fraction of sp³-hybridized carbons (Fsp3) is 0.632. The lowest BCUT2D eigenvalue weighted by Gasteiger charge is -2.09. The zero-order chi connectivity index (χ0) is 17.8. The number of benzene rings is 1. The molecule has 5 nitrogen and oxygen atoms in total. The molecule has 1 aromatic carbocycles. The summed E-state index contributed by atoms with van der Waals surface area (Å²) < 4.78 is 5.52. The van der Waals surface area contributed by atoms with Gasteiger partial charge in [0, 0.05) is 13.2 Å². The van der Waals surface area contributed by atoms with Crippen LogP contribution < -0.4 is 0 Å². The van der Waals surface area contributed by atoms with Gasteiger partial charge in [0.2, 0.25) is 0 Å². The second kappa shape index (κ2) is 11.7. The molecule has 24 heavy (non-hydrogen) atoms. The SMILES string of the molecule is CCCCOCCCCCCCCc1ccc(O)c(O)c1C(=O)O. The zero-order valence-electron chi connectivity index (χ0n) is 14.6. The van der Waals surface area contributed by atoms with Crippen LogP contribution in [0.15, 0.2) is 12.1 Å². The summed E-state index contributed by atoms with van der Waals surface area (Å²) in [6.45, 7) is 3.86. The number of aryl methyl sites for hydroxylation is 1. The van der Waals surface area contributed by atoms with Gasteiger partial charge in [0.05, 0.1) is 0 Å². The fourth-order valence-corrected chi connectivity index (χ4v) is 2.64. The maximum absolute atomic E-state index is 11.2. The van der Waals surface area contributed by atoms with E-state index in [9.17, 15) is 15.0 Å². The molecule has 0 aliphatic rings.